The molecule has 0 saturated heterocycles. The average Bonchev–Trinajstić information content (AvgIpc) is 2.92. The molecule has 100 valence electrons. The lowest BCUT2D eigenvalue weighted by atomic mass is 9.93. The minimum atomic E-state index is 1.06. The van der Waals surface area contributed by atoms with Crippen LogP contribution >= 0.6 is 0 Å². The van der Waals surface area contributed by atoms with Crippen molar-refractivity contribution in [2.45, 2.75) is 20.8 Å². The second-order valence-electron chi connectivity index (χ2n) is 5.13. The Hall–Kier alpha value is -2.42. The summed E-state index contributed by atoms with van der Waals surface area (Å²) in [4.78, 5) is 4.04. The Labute approximate surface area is 118 Å². The highest BCUT2D eigenvalue weighted by Crippen LogP contribution is 2.32. The summed E-state index contributed by atoms with van der Waals surface area (Å²) >= 11 is 0. The van der Waals surface area contributed by atoms with Crippen molar-refractivity contribution in [3.8, 4) is 16.8 Å². The lowest BCUT2D eigenvalue weighted by Gasteiger charge is -2.15. The Kier molecular flexibility index (Phi) is 3.11. The summed E-state index contributed by atoms with van der Waals surface area (Å²) in [6.07, 6.45) is 3.29. The zero-order valence-electron chi connectivity index (χ0n) is 12.0. The zero-order chi connectivity index (χ0) is 14.1. The van der Waals surface area contributed by atoms with Crippen molar-refractivity contribution in [2.24, 2.45) is 0 Å². The number of benzene rings is 2. The SMILES string of the molecule is Cc1cc(C)c(-c2ccccc2-n2cncn2)c(C)c1. The number of hydrogen-bond acceptors (Lipinski definition) is 2. The fraction of sp³-hybridized carbons (Fsp3) is 0.176. The molecule has 0 radical (unpaired) electrons. The molecule has 0 spiro atoms. The molecular weight excluding hydrogens is 246 g/mol. The van der Waals surface area contributed by atoms with Gasteiger partial charge in [-0.05, 0) is 43.5 Å². The minimum absolute atomic E-state index is 1.06. The predicted octanol–water partition coefficient (Wildman–Crippen LogP) is 3.86. The third-order valence-corrected chi connectivity index (χ3v) is 3.52. The van der Waals surface area contributed by atoms with E-state index in [2.05, 4.69) is 61.2 Å². The van der Waals surface area contributed by atoms with Crippen LogP contribution in [0, 0.1) is 20.8 Å². The van der Waals surface area contributed by atoms with Gasteiger partial charge in [-0.25, -0.2) is 9.67 Å². The van der Waals surface area contributed by atoms with Crippen LogP contribution in [0.5, 0.6) is 0 Å². The number of aryl methyl sites for hydroxylation is 3. The quantitative estimate of drug-likeness (QED) is 0.703. The van der Waals surface area contributed by atoms with Gasteiger partial charge in [-0.3, -0.25) is 0 Å². The lowest BCUT2D eigenvalue weighted by molar-refractivity contribution is 0.880. The third kappa shape index (κ3) is 2.11. The molecule has 3 heteroatoms. The first-order valence-corrected chi connectivity index (χ1v) is 6.69. The van der Waals surface area contributed by atoms with Gasteiger partial charge in [-0.15, -0.1) is 0 Å². The van der Waals surface area contributed by atoms with E-state index in [1.807, 2.05) is 10.7 Å². The Morgan fingerprint density at radius 3 is 2.30 bits per heavy atom. The van der Waals surface area contributed by atoms with E-state index in [1.165, 1.54) is 27.8 Å². The van der Waals surface area contributed by atoms with Crippen LogP contribution in [0.3, 0.4) is 0 Å². The number of aromatic nitrogens is 3. The second-order valence-corrected chi connectivity index (χ2v) is 5.13. The van der Waals surface area contributed by atoms with Crippen LogP contribution in [0.25, 0.3) is 16.8 Å². The van der Waals surface area contributed by atoms with Crippen LogP contribution in [-0.4, -0.2) is 14.8 Å². The topological polar surface area (TPSA) is 30.7 Å². The van der Waals surface area contributed by atoms with Gasteiger partial charge < -0.3 is 0 Å². The van der Waals surface area contributed by atoms with Gasteiger partial charge >= 0.3 is 0 Å². The fourth-order valence-electron chi connectivity index (χ4n) is 2.82. The Bertz CT molecular complexity index is 720. The van der Waals surface area contributed by atoms with E-state index in [-0.39, 0.29) is 0 Å². The van der Waals surface area contributed by atoms with E-state index >= 15 is 0 Å². The van der Waals surface area contributed by atoms with Crippen LogP contribution in [-0.2, 0) is 0 Å². The van der Waals surface area contributed by atoms with E-state index in [4.69, 9.17) is 0 Å². The van der Waals surface area contributed by atoms with E-state index in [0.29, 0.717) is 0 Å². The molecule has 3 rings (SSSR count). The van der Waals surface area contributed by atoms with Crippen molar-refractivity contribution in [1.29, 1.82) is 0 Å². The monoisotopic (exact) mass is 263 g/mol. The fourth-order valence-corrected chi connectivity index (χ4v) is 2.82. The van der Waals surface area contributed by atoms with Gasteiger partial charge in [0.2, 0.25) is 0 Å². The van der Waals surface area contributed by atoms with Crippen molar-refractivity contribution in [2.75, 3.05) is 0 Å². The summed E-state index contributed by atoms with van der Waals surface area (Å²) < 4.78 is 1.81. The number of para-hydroxylation sites is 1. The Morgan fingerprint density at radius 1 is 0.950 bits per heavy atom. The molecule has 0 amide bonds. The molecule has 0 aliphatic carbocycles. The average molecular weight is 263 g/mol. The van der Waals surface area contributed by atoms with Gasteiger partial charge in [0.1, 0.15) is 12.7 Å². The van der Waals surface area contributed by atoms with Gasteiger partial charge in [-0.2, -0.15) is 5.10 Å². The summed E-state index contributed by atoms with van der Waals surface area (Å²) in [5, 5.41) is 4.26. The van der Waals surface area contributed by atoms with Gasteiger partial charge in [0, 0.05) is 5.56 Å². The molecule has 0 bridgehead atoms. The molecule has 2 aromatic carbocycles. The van der Waals surface area contributed by atoms with E-state index in [9.17, 15) is 0 Å². The Balaban J connectivity index is 2.27. The van der Waals surface area contributed by atoms with Crippen molar-refractivity contribution in [1.82, 2.24) is 14.8 Å². The maximum absolute atomic E-state index is 4.26. The number of hydrogen-bond donors (Lipinski definition) is 0. The summed E-state index contributed by atoms with van der Waals surface area (Å²) in [5.74, 6) is 0. The van der Waals surface area contributed by atoms with Gasteiger partial charge in [0.15, 0.2) is 0 Å². The molecular formula is C17H17N3. The highest BCUT2D eigenvalue weighted by Gasteiger charge is 2.12. The van der Waals surface area contributed by atoms with Crippen LogP contribution in [0.1, 0.15) is 16.7 Å². The molecule has 3 nitrogen and oxygen atoms in total. The standard InChI is InChI=1S/C17H17N3/c1-12-8-13(2)17(14(3)9-12)15-6-4-5-7-16(15)20-11-18-10-19-20/h4-11H,1-3H3. The van der Waals surface area contributed by atoms with Gasteiger partial charge in [-0.1, -0.05) is 35.9 Å². The minimum Gasteiger partial charge on any atom is -0.223 e. The third-order valence-electron chi connectivity index (χ3n) is 3.52. The molecule has 20 heavy (non-hydrogen) atoms. The van der Waals surface area contributed by atoms with Crippen molar-refractivity contribution in [3.05, 3.63) is 65.7 Å². The normalized spacial score (nSPS) is 10.8. The summed E-state index contributed by atoms with van der Waals surface area (Å²) in [7, 11) is 0. The first-order valence-electron chi connectivity index (χ1n) is 6.69. The van der Waals surface area contributed by atoms with E-state index in [1.54, 1.807) is 12.7 Å². The second kappa shape index (κ2) is 4.93. The highest BCUT2D eigenvalue weighted by atomic mass is 15.3. The molecule has 0 atom stereocenters. The van der Waals surface area contributed by atoms with Crippen molar-refractivity contribution in [3.63, 3.8) is 0 Å². The highest BCUT2D eigenvalue weighted by molar-refractivity contribution is 5.78. The van der Waals surface area contributed by atoms with Crippen molar-refractivity contribution >= 4 is 0 Å². The molecule has 1 aromatic heterocycles. The van der Waals surface area contributed by atoms with Crippen molar-refractivity contribution < 1.29 is 0 Å². The molecule has 0 aliphatic heterocycles. The number of nitrogens with zero attached hydrogens (tertiary/aromatic N) is 3. The van der Waals surface area contributed by atoms with Crippen LogP contribution in [0.4, 0.5) is 0 Å². The molecule has 3 aromatic rings. The molecule has 1 heterocycles. The first kappa shape index (κ1) is 12.6. The van der Waals surface area contributed by atoms with Crippen LogP contribution in [0.2, 0.25) is 0 Å². The molecule has 0 aliphatic rings. The van der Waals surface area contributed by atoms with Crippen LogP contribution in [0.15, 0.2) is 49.1 Å². The largest absolute Gasteiger partial charge is 0.223 e. The van der Waals surface area contributed by atoms with E-state index < -0.39 is 0 Å². The maximum Gasteiger partial charge on any atom is 0.138 e. The number of rotatable bonds is 2. The lowest BCUT2D eigenvalue weighted by Crippen LogP contribution is -1.99. The summed E-state index contributed by atoms with van der Waals surface area (Å²) in [5.41, 5.74) is 7.39. The smallest absolute Gasteiger partial charge is 0.138 e. The predicted molar refractivity (Wildman–Crippen MR) is 81.0 cm³/mol. The molecule has 0 unspecified atom stereocenters. The summed E-state index contributed by atoms with van der Waals surface area (Å²) in [6.45, 7) is 6.45. The van der Waals surface area contributed by atoms with Crippen LogP contribution < -0.4 is 0 Å². The summed E-state index contributed by atoms with van der Waals surface area (Å²) in [6, 6.07) is 12.7. The molecule has 0 saturated carbocycles. The molecule has 0 N–H and O–H groups in total. The zero-order valence-corrected chi connectivity index (χ0v) is 12.0. The maximum atomic E-state index is 4.26. The van der Waals surface area contributed by atoms with Gasteiger partial charge in [0.05, 0.1) is 5.69 Å². The van der Waals surface area contributed by atoms with E-state index in [0.717, 1.165) is 5.69 Å². The first-order chi connectivity index (χ1) is 9.66. The van der Waals surface area contributed by atoms with Gasteiger partial charge in [0.25, 0.3) is 0 Å². The Morgan fingerprint density at radius 2 is 1.65 bits per heavy atom. The molecule has 0 fully saturated rings.